The highest BCUT2D eigenvalue weighted by Gasteiger charge is 2.13. The van der Waals surface area contributed by atoms with Gasteiger partial charge >= 0.3 is 6.61 Å². The number of aromatic nitrogens is 2. The Morgan fingerprint density at radius 1 is 1.31 bits per heavy atom. The first-order valence-electron chi connectivity index (χ1n) is 4.30. The molecule has 0 atom stereocenters. The van der Waals surface area contributed by atoms with Crippen LogP contribution in [0, 0.1) is 0 Å². The molecule has 4 nitrogen and oxygen atoms in total. The van der Waals surface area contributed by atoms with E-state index in [4.69, 9.17) is 5.73 Å². The van der Waals surface area contributed by atoms with Gasteiger partial charge in [0.1, 0.15) is 5.75 Å². The summed E-state index contributed by atoms with van der Waals surface area (Å²) in [6, 6.07) is 6.31. The zero-order chi connectivity index (χ0) is 11.5. The van der Waals surface area contributed by atoms with Crippen molar-refractivity contribution < 1.29 is 13.5 Å². The van der Waals surface area contributed by atoms with Crippen molar-refractivity contribution in [2.45, 2.75) is 6.61 Å². The van der Waals surface area contributed by atoms with E-state index < -0.39 is 6.61 Å². The Balaban J connectivity index is 2.40. The summed E-state index contributed by atoms with van der Waals surface area (Å²) in [5, 5.41) is 0.279. The van der Waals surface area contributed by atoms with Gasteiger partial charge in [-0.3, -0.25) is 0 Å². The summed E-state index contributed by atoms with van der Waals surface area (Å²) in [5.41, 5.74) is 5.82. The summed E-state index contributed by atoms with van der Waals surface area (Å²) in [6.45, 7) is -2.88. The number of halogens is 2. The van der Waals surface area contributed by atoms with Gasteiger partial charge in [-0.1, -0.05) is 12.1 Å². The Kier molecular flexibility index (Phi) is 2.95. The second-order valence-electron chi connectivity index (χ2n) is 2.83. The molecule has 0 aliphatic rings. The van der Waals surface area contributed by atoms with Gasteiger partial charge in [-0.15, -0.1) is 0 Å². The zero-order valence-corrected chi connectivity index (χ0v) is 8.75. The number of ether oxygens (including phenoxy) is 1. The van der Waals surface area contributed by atoms with Gasteiger partial charge in [0.05, 0.1) is 5.56 Å². The fraction of sp³-hybridized carbons (Fsp3) is 0.111. The minimum Gasteiger partial charge on any atom is -0.434 e. The van der Waals surface area contributed by atoms with Gasteiger partial charge in [-0.2, -0.15) is 18.1 Å². The second kappa shape index (κ2) is 4.40. The van der Waals surface area contributed by atoms with E-state index in [1.54, 1.807) is 18.2 Å². The molecule has 0 aliphatic heterocycles. The van der Waals surface area contributed by atoms with E-state index >= 15 is 0 Å². The molecule has 0 radical (unpaired) electrons. The Labute approximate surface area is 93.9 Å². The lowest BCUT2D eigenvalue weighted by molar-refractivity contribution is -0.0494. The van der Waals surface area contributed by atoms with Crippen molar-refractivity contribution in [2.24, 2.45) is 0 Å². The van der Waals surface area contributed by atoms with E-state index in [0.29, 0.717) is 11.4 Å². The molecule has 0 unspecified atom stereocenters. The first-order valence-corrected chi connectivity index (χ1v) is 5.07. The van der Waals surface area contributed by atoms with Crippen molar-refractivity contribution in [3.8, 4) is 17.1 Å². The van der Waals surface area contributed by atoms with Crippen LogP contribution < -0.4 is 10.5 Å². The Bertz CT molecular complexity index is 489. The third kappa shape index (κ3) is 2.25. The molecule has 2 N–H and O–H groups in total. The van der Waals surface area contributed by atoms with Crippen molar-refractivity contribution in [3.63, 3.8) is 0 Å². The maximum absolute atomic E-state index is 12.1. The normalized spacial score (nSPS) is 10.7. The molecule has 1 heterocycles. The monoisotopic (exact) mass is 243 g/mol. The lowest BCUT2D eigenvalue weighted by atomic mass is 10.2. The average molecular weight is 243 g/mol. The van der Waals surface area contributed by atoms with E-state index in [1.807, 2.05) is 0 Å². The standard InChI is InChI=1S/C9H7F2N3OS/c10-8(11)15-6-4-2-1-3-5(6)7-13-9(12)16-14-7/h1-4,8H,(H2,12,13,14). The van der Waals surface area contributed by atoms with E-state index in [9.17, 15) is 8.78 Å². The number of rotatable bonds is 3. The summed E-state index contributed by atoms with van der Waals surface area (Å²) < 4.78 is 32.6. The lowest BCUT2D eigenvalue weighted by Gasteiger charge is -2.07. The van der Waals surface area contributed by atoms with Crippen LogP contribution in [0.1, 0.15) is 0 Å². The van der Waals surface area contributed by atoms with Gasteiger partial charge < -0.3 is 10.5 Å². The van der Waals surface area contributed by atoms with Gasteiger partial charge in [-0.05, 0) is 12.1 Å². The zero-order valence-electron chi connectivity index (χ0n) is 7.93. The molecule has 0 spiro atoms. The minimum atomic E-state index is -2.88. The number of nitrogen functional groups attached to an aromatic ring is 1. The fourth-order valence-electron chi connectivity index (χ4n) is 1.19. The Morgan fingerprint density at radius 3 is 2.69 bits per heavy atom. The van der Waals surface area contributed by atoms with Crippen molar-refractivity contribution >= 4 is 16.7 Å². The molecule has 16 heavy (non-hydrogen) atoms. The highest BCUT2D eigenvalue weighted by atomic mass is 32.1. The highest BCUT2D eigenvalue weighted by molar-refractivity contribution is 7.09. The first kappa shape index (κ1) is 10.7. The third-order valence-electron chi connectivity index (χ3n) is 1.79. The van der Waals surface area contributed by atoms with Crippen molar-refractivity contribution in [1.82, 2.24) is 9.36 Å². The largest absolute Gasteiger partial charge is 0.434 e. The summed E-state index contributed by atoms with van der Waals surface area (Å²) in [4.78, 5) is 3.91. The van der Waals surface area contributed by atoms with Gasteiger partial charge in [0.2, 0.25) is 0 Å². The van der Waals surface area contributed by atoms with Crippen LogP contribution in [0.25, 0.3) is 11.4 Å². The molecule has 0 saturated carbocycles. The summed E-state index contributed by atoms with van der Waals surface area (Å²) in [6.07, 6.45) is 0. The van der Waals surface area contributed by atoms with Crippen LogP contribution >= 0.6 is 11.5 Å². The smallest absolute Gasteiger partial charge is 0.387 e. The molecule has 7 heteroatoms. The number of anilines is 1. The van der Waals surface area contributed by atoms with Crippen LogP contribution in [0.2, 0.25) is 0 Å². The number of hydrogen-bond acceptors (Lipinski definition) is 5. The number of hydrogen-bond donors (Lipinski definition) is 1. The number of nitrogens with two attached hydrogens (primary N) is 1. The predicted molar refractivity (Wildman–Crippen MR) is 56.4 cm³/mol. The van der Waals surface area contributed by atoms with Crippen molar-refractivity contribution in [3.05, 3.63) is 24.3 Å². The Morgan fingerprint density at radius 2 is 2.06 bits per heavy atom. The topological polar surface area (TPSA) is 61.0 Å². The molecule has 84 valence electrons. The molecule has 2 rings (SSSR count). The van der Waals surface area contributed by atoms with Crippen LogP contribution in [0.3, 0.4) is 0 Å². The molecule has 0 bridgehead atoms. The highest BCUT2D eigenvalue weighted by Crippen LogP contribution is 2.29. The fourth-order valence-corrected chi connectivity index (χ4v) is 1.64. The van der Waals surface area contributed by atoms with Gasteiger partial charge in [0.15, 0.2) is 11.0 Å². The van der Waals surface area contributed by atoms with Gasteiger partial charge in [0, 0.05) is 11.5 Å². The first-order chi connectivity index (χ1) is 7.66. The number of para-hydroxylation sites is 1. The number of nitrogens with zero attached hydrogens (tertiary/aromatic N) is 2. The molecule has 1 aromatic carbocycles. The molecule has 0 saturated heterocycles. The molecule has 0 amide bonds. The molecule has 1 aromatic heterocycles. The van der Waals surface area contributed by atoms with Crippen LogP contribution in [-0.4, -0.2) is 16.0 Å². The molecular formula is C9H7F2N3OS. The molecule has 2 aromatic rings. The van der Waals surface area contributed by atoms with Gasteiger partial charge in [-0.25, -0.2) is 0 Å². The lowest BCUT2D eigenvalue weighted by Crippen LogP contribution is -2.03. The van der Waals surface area contributed by atoms with E-state index in [2.05, 4.69) is 14.1 Å². The van der Waals surface area contributed by atoms with Crippen molar-refractivity contribution in [2.75, 3.05) is 5.73 Å². The van der Waals surface area contributed by atoms with E-state index in [1.165, 1.54) is 6.07 Å². The summed E-state index contributed by atoms with van der Waals surface area (Å²) >= 11 is 1.00. The van der Waals surface area contributed by atoms with Crippen LogP contribution in [0.4, 0.5) is 13.9 Å². The minimum absolute atomic E-state index is 0.0373. The maximum atomic E-state index is 12.1. The summed E-state index contributed by atoms with van der Waals surface area (Å²) in [5.74, 6) is 0.328. The van der Waals surface area contributed by atoms with Gasteiger partial charge in [0.25, 0.3) is 0 Å². The van der Waals surface area contributed by atoms with Crippen LogP contribution in [-0.2, 0) is 0 Å². The quantitative estimate of drug-likeness (QED) is 0.899. The molecule has 0 aliphatic carbocycles. The predicted octanol–water partition coefficient (Wildman–Crippen LogP) is 2.39. The maximum Gasteiger partial charge on any atom is 0.387 e. The number of alkyl halides is 2. The number of benzene rings is 1. The van der Waals surface area contributed by atoms with Crippen molar-refractivity contribution in [1.29, 1.82) is 0 Å². The molecule has 0 fully saturated rings. The van der Waals surface area contributed by atoms with E-state index in [0.717, 1.165) is 11.5 Å². The summed E-state index contributed by atoms with van der Waals surface area (Å²) in [7, 11) is 0. The third-order valence-corrected chi connectivity index (χ3v) is 2.33. The molecular weight excluding hydrogens is 236 g/mol. The SMILES string of the molecule is Nc1nc(-c2ccccc2OC(F)F)ns1. The van der Waals surface area contributed by atoms with E-state index in [-0.39, 0.29) is 10.9 Å². The van der Waals surface area contributed by atoms with Crippen LogP contribution in [0.15, 0.2) is 24.3 Å². The Hall–Kier alpha value is -1.76. The van der Waals surface area contributed by atoms with Crippen LogP contribution in [0.5, 0.6) is 5.75 Å². The average Bonchev–Trinajstić information content (AvgIpc) is 2.65. The second-order valence-corrected chi connectivity index (χ2v) is 3.61.